The van der Waals surface area contributed by atoms with E-state index in [4.69, 9.17) is 5.73 Å². The average molecular weight is 313 g/mol. The molecule has 5 heteroatoms. The third-order valence-electron chi connectivity index (χ3n) is 5.09. The molecule has 1 aliphatic rings. The summed E-state index contributed by atoms with van der Waals surface area (Å²) in [5.41, 5.74) is 7.47. The molecule has 0 saturated heterocycles. The Morgan fingerprint density at radius 2 is 2.13 bits per heavy atom. The van der Waals surface area contributed by atoms with Gasteiger partial charge in [0, 0.05) is 17.8 Å². The quantitative estimate of drug-likeness (QED) is 0.881. The molecule has 0 spiro atoms. The van der Waals surface area contributed by atoms with Gasteiger partial charge in [-0.05, 0) is 49.3 Å². The van der Waals surface area contributed by atoms with Gasteiger partial charge in [0.2, 0.25) is 5.78 Å². The Hall–Kier alpha value is -2.17. The van der Waals surface area contributed by atoms with Gasteiger partial charge < -0.3 is 5.73 Å². The number of Topliss-reactive ketones (excluding diaryl/α,β-unsaturated/α-hetero) is 1. The molecule has 1 aromatic heterocycles. The van der Waals surface area contributed by atoms with Crippen LogP contribution < -0.4 is 5.73 Å². The molecule has 3 atom stereocenters. The summed E-state index contributed by atoms with van der Waals surface area (Å²) in [6, 6.07) is 6.24. The summed E-state index contributed by atoms with van der Waals surface area (Å²) in [5.74, 6) is -1.01. The number of nitrogens with two attached hydrogens (primary N) is 1. The van der Waals surface area contributed by atoms with Gasteiger partial charge in [0.25, 0.3) is 5.91 Å². The molecule has 1 unspecified atom stereocenters. The van der Waals surface area contributed by atoms with Gasteiger partial charge >= 0.3 is 0 Å². The first-order chi connectivity index (χ1) is 11.0. The van der Waals surface area contributed by atoms with E-state index < -0.39 is 11.7 Å². The summed E-state index contributed by atoms with van der Waals surface area (Å²) in [6.45, 7) is 5.02. The zero-order chi connectivity index (χ0) is 16.6. The second-order valence-corrected chi connectivity index (χ2v) is 6.64. The van der Waals surface area contributed by atoms with Crippen molar-refractivity contribution in [3.63, 3.8) is 0 Å². The van der Waals surface area contributed by atoms with Crippen LogP contribution in [-0.4, -0.2) is 21.5 Å². The van der Waals surface area contributed by atoms with Crippen LogP contribution in [0.15, 0.2) is 24.4 Å². The van der Waals surface area contributed by atoms with E-state index in [0.717, 1.165) is 42.3 Å². The maximum atomic E-state index is 12.3. The monoisotopic (exact) mass is 313 g/mol. The largest absolute Gasteiger partial charge is 0.363 e. The number of hydrogen-bond acceptors (Lipinski definition) is 3. The first kappa shape index (κ1) is 15.7. The standard InChI is InChI=1S/C18H23N3O2/c1-3-21-16-7-5-12(9-13(16)10-20-21)14-6-4-11(2)8-15(14)17(22)18(19)23/h5,7,9-11,14-15H,3-4,6,8H2,1-2H3,(H2,19,23)/t11-,14+,15?/m0/s1. The lowest BCUT2D eigenvalue weighted by molar-refractivity contribution is -0.139. The third kappa shape index (κ3) is 2.87. The minimum Gasteiger partial charge on any atom is -0.363 e. The van der Waals surface area contributed by atoms with E-state index in [9.17, 15) is 9.59 Å². The summed E-state index contributed by atoms with van der Waals surface area (Å²) in [7, 11) is 0. The van der Waals surface area contributed by atoms with Crippen LogP contribution in [0.5, 0.6) is 0 Å². The maximum absolute atomic E-state index is 12.3. The maximum Gasteiger partial charge on any atom is 0.285 e. The molecule has 1 aromatic carbocycles. The predicted molar refractivity (Wildman–Crippen MR) is 88.9 cm³/mol. The first-order valence-corrected chi connectivity index (χ1v) is 8.30. The number of amides is 1. The Kier molecular flexibility index (Phi) is 4.20. The Morgan fingerprint density at radius 1 is 1.35 bits per heavy atom. The number of rotatable bonds is 4. The van der Waals surface area contributed by atoms with E-state index >= 15 is 0 Å². The highest BCUT2D eigenvalue weighted by atomic mass is 16.2. The van der Waals surface area contributed by atoms with Crippen molar-refractivity contribution in [2.45, 2.75) is 45.6 Å². The molecule has 5 nitrogen and oxygen atoms in total. The highest BCUT2D eigenvalue weighted by Crippen LogP contribution is 2.41. The van der Waals surface area contributed by atoms with Crippen molar-refractivity contribution in [3.8, 4) is 0 Å². The molecule has 1 amide bonds. The molecule has 1 aliphatic carbocycles. The number of nitrogens with zero attached hydrogens (tertiary/aromatic N) is 2. The van der Waals surface area contributed by atoms with Crippen LogP contribution in [0.4, 0.5) is 0 Å². The lowest BCUT2D eigenvalue weighted by Gasteiger charge is -2.33. The smallest absolute Gasteiger partial charge is 0.285 e. The third-order valence-corrected chi connectivity index (χ3v) is 5.09. The number of primary amides is 1. The molecule has 2 N–H and O–H groups in total. The summed E-state index contributed by atoms with van der Waals surface area (Å²) < 4.78 is 1.95. The Bertz CT molecular complexity index is 750. The Labute approximate surface area is 135 Å². The fourth-order valence-corrected chi connectivity index (χ4v) is 3.84. The molecule has 1 heterocycles. The zero-order valence-electron chi connectivity index (χ0n) is 13.7. The SMILES string of the molecule is CCn1ncc2cc([C@H]3CC[C@H](C)CC3C(=O)C(N)=O)ccc21. The van der Waals surface area contributed by atoms with Gasteiger partial charge in [-0.2, -0.15) is 5.10 Å². The average Bonchev–Trinajstić information content (AvgIpc) is 2.96. The number of aryl methyl sites for hydroxylation is 1. The van der Waals surface area contributed by atoms with Crippen molar-refractivity contribution in [2.75, 3.05) is 0 Å². The summed E-state index contributed by atoms with van der Waals surface area (Å²) in [4.78, 5) is 23.6. The zero-order valence-corrected chi connectivity index (χ0v) is 13.7. The van der Waals surface area contributed by atoms with Crippen molar-refractivity contribution in [1.29, 1.82) is 0 Å². The highest BCUT2D eigenvalue weighted by Gasteiger charge is 2.36. The van der Waals surface area contributed by atoms with E-state index in [1.165, 1.54) is 0 Å². The van der Waals surface area contributed by atoms with Crippen molar-refractivity contribution >= 4 is 22.6 Å². The van der Waals surface area contributed by atoms with Crippen LogP contribution in [0.25, 0.3) is 10.9 Å². The van der Waals surface area contributed by atoms with E-state index in [0.29, 0.717) is 5.92 Å². The van der Waals surface area contributed by atoms with Gasteiger partial charge in [-0.1, -0.05) is 19.4 Å². The van der Waals surface area contributed by atoms with E-state index in [1.54, 1.807) is 0 Å². The first-order valence-electron chi connectivity index (χ1n) is 8.30. The number of benzene rings is 1. The highest BCUT2D eigenvalue weighted by molar-refractivity contribution is 6.36. The van der Waals surface area contributed by atoms with Gasteiger partial charge in [0.15, 0.2) is 0 Å². The molecule has 2 aromatic rings. The number of ketones is 1. The van der Waals surface area contributed by atoms with Crippen molar-refractivity contribution in [3.05, 3.63) is 30.0 Å². The summed E-state index contributed by atoms with van der Waals surface area (Å²) in [6.07, 6.45) is 4.58. The van der Waals surface area contributed by atoms with Crippen molar-refractivity contribution in [2.24, 2.45) is 17.6 Å². The van der Waals surface area contributed by atoms with Crippen LogP contribution in [0.2, 0.25) is 0 Å². The van der Waals surface area contributed by atoms with Gasteiger partial charge in [-0.25, -0.2) is 0 Å². The molecule has 0 radical (unpaired) electrons. The predicted octanol–water partition coefficient (Wildman–Crippen LogP) is 2.63. The normalized spacial score (nSPS) is 24.7. The van der Waals surface area contributed by atoms with E-state index in [1.807, 2.05) is 10.9 Å². The minimum atomic E-state index is -0.811. The molecule has 1 fully saturated rings. The van der Waals surface area contributed by atoms with Crippen LogP contribution in [-0.2, 0) is 16.1 Å². The van der Waals surface area contributed by atoms with Crippen molar-refractivity contribution < 1.29 is 9.59 Å². The molecule has 1 saturated carbocycles. The molecule has 122 valence electrons. The summed E-state index contributed by atoms with van der Waals surface area (Å²) >= 11 is 0. The molecule has 0 aliphatic heterocycles. The number of aromatic nitrogens is 2. The van der Waals surface area contributed by atoms with E-state index in [-0.39, 0.29) is 11.8 Å². The van der Waals surface area contributed by atoms with Gasteiger partial charge in [-0.15, -0.1) is 0 Å². The van der Waals surface area contributed by atoms with Crippen LogP contribution in [0.1, 0.15) is 44.6 Å². The fraction of sp³-hybridized carbons (Fsp3) is 0.500. The number of fused-ring (bicyclic) bond motifs is 1. The second-order valence-electron chi connectivity index (χ2n) is 6.64. The molecular weight excluding hydrogens is 290 g/mol. The van der Waals surface area contributed by atoms with Crippen LogP contribution in [0, 0.1) is 11.8 Å². The Morgan fingerprint density at radius 3 is 2.83 bits per heavy atom. The number of carbonyl (C=O) groups excluding carboxylic acids is 2. The fourth-order valence-electron chi connectivity index (χ4n) is 3.84. The Balaban J connectivity index is 1.97. The molecule has 0 bridgehead atoms. The van der Waals surface area contributed by atoms with Gasteiger partial charge in [-0.3, -0.25) is 14.3 Å². The lowest BCUT2D eigenvalue weighted by atomic mass is 9.70. The van der Waals surface area contributed by atoms with Crippen LogP contribution in [0.3, 0.4) is 0 Å². The second kappa shape index (κ2) is 6.14. The number of carbonyl (C=O) groups is 2. The minimum absolute atomic E-state index is 0.0700. The van der Waals surface area contributed by atoms with Crippen molar-refractivity contribution in [1.82, 2.24) is 9.78 Å². The summed E-state index contributed by atoms with van der Waals surface area (Å²) in [5, 5.41) is 5.45. The van der Waals surface area contributed by atoms with E-state index in [2.05, 4.69) is 37.1 Å². The lowest BCUT2D eigenvalue weighted by Crippen LogP contribution is -2.36. The molecule has 23 heavy (non-hydrogen) atoms. The topological polar surface area (TPSA) is 78.0 Å². The number of hydrogen-bond donors (Lipinski definition) is 1. The molecular formula is C18H23N3O2. The van der Waals surface area contributed by atoms with Gasteiger partial charge in [0.05, 0.1) is 11.7 Å². The van der Waals surface area contributed by atoms with Gasteiger partial charge in [0.1, 0.15) is 0 Å². The van der Waals surface area contributed by atoms with Crippen LogP contribution >= 0.6 is 0 Å². The molecule has 3 rings (SSSR count).